The highest BCUT2D eigenvalue weighted by Crippen LogP contribution is 2.11. The van der Waals surface area contributed by atoms with Gasteiger partial charge in [-0.05, 0) is 37.0 Å². The summed E-state index contributed by atoms with van der Waals surface area (Å²) in [5, 5.41) is 3.59. The van der Waals surface area contributed by atoms with Gasteiger partial charge in [-0.1, -0.05) is 23.7 Å². The van der Waals surface area contributed by atoms with Gasteiger partial charge < -0.3 is 14.8 Å². The quantitative estimate of drug-likeness (QED) is 0.787. The first-order chi connectivity index (χ1) is 10.2. The van der Waals surface area contributed by atoms with Gasteiger partial charge in [0.2, 0.25) is 5.91 Å². The summed E-state index contributed by atoms with van der Waals surface area (Å²) in [5.41, 5.74) is 0.968. The van der Waals surface area contributed by atoms with Crippen molar-refractivity contribution in [3.63, 3.8) is 0 Å². The van der Waals surface area contributed by atoms with E-state index in [0.717, 1.165) is 38.0 Å². The minimum absolute atomic E-state index is 0.0309. The molecule has 0 aromatic heterocycles. The first-order valence-electron chi connectivity index (χ1n) is 7.44. The van der Waals surface area contributed by atoms with E-state index in [1.165, 1.54) is 0 Å². The van der Waals surface area contributed by atoms with E-state index in [0.29, 0.717) is 30.7 Å². The summed E-state index contributed by atoms with van der Waals surface area (Å²) in [4.78, 5) is 11.8. The van der Waals surface area contributed by atoms with Gasteiger partial charge in [-0.25, -0.2) is 0 Å². The van der Waals surface area contributed by atoms with Crippen molar-refractivity contribution in [1.82, 2.24) is 5.32 Å². The predicted octanol–water partition coefficient (Wildman–Crippen LogP) is 2.58. The average Bonchev–Trinajstić information content (AvgIpc) is 2.50. The van der Waals surface area contributed by atoms with Crippen LogP contribution in [0.3, 0.4) is 0 Å². The first-order valence-corrected chi connectivity index (χ1v) is 7.82. The van der Waals surface area contributed by atoms with Crippen LogP contribution >= 0.6 is 11.6 Å². The third-order valence-corrected chi connectivity index (χ3v) is 3.70. The largest absolute Gasteiger partial charge is 0.381 e. The lowest BCUT2D eigenvalue weighted by molar-refractivity contribution is -0.120. The highest BCUT2D eigenvalue weighted by molar-refractivity contribution is 6.30. The lowest BCUT2D eigenvalue weighted by atomic mass is 10.1. The summed E-state index contributed by atoms with van der Waals surface area (Å²) in [6.07, 6.45) is 3.50. The van der Waals surface area contributed by atoms with Crippen LogP contribution < -0.4 is 5.32 Å². The van der Waals surface area contributed by atoms with Gasteiger partial charge in [0.1, 0.15) is 0 Å². The highest BCUT2D eigenvalue weighted by Gasteiger charge is 2.13. The van der Waals surface area contributed by atoms with Crippen molar-refractivity contribution in [3.8, 4) is 0 Å². The summed E-state index contributed by atoms with van der Waals surface area (Å²) in [6, 6.07) is 7.34. The SMILES string of the molecule is O=C(Cc1ccc(Cl)cc1)NCCCOC1CCOCC1. The molecular formula is C16H22ClNO3. The second kappa shape index (κ2) is 9.03. The molecule has 1 aliphatic heterocycles. The van der Waals surface area contributed by atoms with Gasteiger partial charge in [0.05, 0.1) is 12.5 Å². The van der Waals surface area contributed by atoms with Crippen LogP contribution in [0.5, 0.6) is 0 Å². The molecule has 116 valence electrons. The van der Waals surface area contributed by atoms with Crippen molar-refractivity contribution in [3.05, 3.63) is 34.9 Å². The molecular weight excluding hydrogens is 290 g/mol. The van der Waals surface area contributed by atoms with E-state index >= 15 is 0 Å². The maximum Gasteiger partial charge on any atom is 0.224 e. The van der Waals surface area contributed by atoms with E-state index < -0.39 is 0 Å². The summed E-state index contributed by atoms with van der Waals surface area (Å²) in [7, 11) is 0. The Labute approximate surface area is 130 Å². The van der Waals surface area contributed by atoms with Gasteiger partial charge in [0.25, 0.3) is 0 Å². The van der Waals surface area contributed by atoms with Crippen molar-refractivity contribution in [2.75, 3.05) is 26.4 Å². The summed E-state index contributed by atoms with van der Waals surface area (Å²) < 4.78 is 11.0. The number of rotatable bonds is 7. The topological polar surface area (TPSA) is 47.6 Å². The smallest absolute Gasteiger partial charge is 0.224 e. The van der Waals surface area contributed by atoms with Crippen LogP contribution in [0.1, 0.15) is 24.8 Å². The molecule has 1 heterocycles. The number of hydrogen-bond acceptors (Lipinski definition) is 3. The Morgan fingerprint density at radius 1 is 1.29 bits per heavy atom. The van der Waals surface area contributed by atoms with Crippen LogP contribution in [0.25, 0.3) is 0 Å². The number of carbonyl (C=O) groups is 1. The molecule has 0 bridgehead atoms. The molecule has 0 unspecified atom stereocenters. The van der Waals surface area contributed by atoms with E-state index in [1.54, 1.807) is 12.1 Å². The zero-order valence-corrected chi connectivity index (χ0v) is 12.9. The van der Waals surface area contributed by atoms with Crippen LogP contribution in [0.2, 0.25) is 5.02 Å². The predicted molar refractivity (Wildman–Crippen MR) is 82.6 cm³/mol. The molecule has 1 saturated heterocycles. The number of halogens is 1. The minimum Gasteiger partial charge on any atom is -0.381 e. The van der Waals surface area contributed by atoms with Crippen molar-refractivity contribution >= 4 is 17.5 Å². The summed E-state index contributed by atoms with van der Waals surface area (Å²) in [6.45, 7) is 2.92. The van der Waals surface area contributed by atoms with Crippen LogP contribution in [-0.2, 0) is 20.7 Å². The standard InChI is InChI=1S/C16H22ClNO3/c17-14-4-2-13(3-5-14)12-16(19)18-8-1-9-21-15-6-10-20-11-7-15/h2-5,15H,1,6-12H2,(H,18,19). The lowest BCUT2D eigenvalue weighted by Gasteiger charge is -2.22. The van der Waals surface area contributed by atoms with Crippen LogP contribution in [0.4, 0.5) is 0 Å². The Morgan fingerprint density at radius 3 is 2.71 bits per heavy atom. The fourth-order valence-corrected chi connectivity index (χ4v) is 2.37. The molecule has 1 aromatic rings. The average molecular weight is 312 g/mol. The number of amides is 1. The third-order valence-electron chi connectivity index (χ3n) is 3.44. The molecule has 1 amide bonds. The molecule has 1 fully saturated rings. The minimum atomic E-state index is 0.0309. The molecule has 5 heteroatoms. The molecule has 1 N–H and O–H groups in total. The van der Waals surface area contributed by atoms with Gasteiger partial charge in [-0.2, -0.15) is 0 Å². The lowest BCUT2D eigenvalue weighted by Crippen LogP contribution is -2.28. The molecule has 4 nitrogen and oxygen atoms in total. The van der Waals surface area contributed by atoms with Gasteiger partial charge in [-0.3, -0.25) is 4.79 Å². The molecule has 0 aliphatic carbocycles. The summed E-state index contributed by atoms with van der Waals surface area (Å²) >= 11 is 5.81. The van der Waals surface area contributed by atoms with E-state index in [-0.39, 0.29) is 5.91 Å². The Morgan fingerprint density at radius 2 is 2.00 bits per heavy atom. The first kappa shape index (κ1) is 16.3. The van der Waals surface area contributed by atoms with E-state index in [4.69, 9.17) is 21.1 Å². The van der Waals surface area contributed by atoms with E-state index in [9.17, 15) is 4.79 Å². The molecule has 0 radical (unpaired) electrons. The zero-order valence-electron chi connectivity index (χ0n) is 12.1. The van der Waals surface area contributed by atoms with E-state index in [2.05, 4.69) is 5.32 Å². The van der Waals surface area contributed by atoms with Crippen LogP contribution in [0, 0.1) is 0 Å². The molecule has 0 spiro atoms. The second-order valence-corrected chi connectivity index (χ2v) is 5.63. The van der Waals surface area contributed by atoms with Crippen molar-refractivity contribution < 1.29 is 14.3 Å². The second-order valence-electron chi connectivity index (χ2n) is 5.19. The van der Waals surface area contributed by atoms with Crippen LogP contribution in [0.15, 0.2) is 24.3 Å². The monoisotopic (exact) mass is 311 g/mol. The number of benzene rings is 1. The van der Waals surface area contributed by atoms with Gasteiger partial charge in [0.15, 0.2) is 0 Å². The van der Waals surface area contributed by atoms with E-state index in [1.807, 2.05) is 12.1 Å². The summed E-state index contributed by atoms with van der Waals surface area (Å²) in [5.74, 6) is 0.0309. The van der Waals surface area contributed by atoms with Gasteiger partial charge >= 0.3 is 0 Å². The molecule has 21 heavy (non-hydrogen) atoms. The van der Waals surface area contributed by atoms with Gasteiger partial charge in [0, 0.05) is 31.4 Å². The number of hydrogen-bond donors (Lipinski definition) is 1. The van der Waals surface area contributed by atoms with Crippen molar-refractivity contribution in [2.45, 2.75) is 31.8 Å². The fourth-order valence-electron chi connectivity index (χ4n) is 2.24. The molecule has 1 aromatic carbocycles. The van der Waals surface area contributed by atoms with Crippen molar-refractivity contribution in [2.24, 2.45) is 0 Å². The highest BCUT2D eigenvalue weighted by atomic mass is 35.5. The van der Waals surface area contributed by atoms with Crippen molar-refractivity contribution in [1.29, 1.82) is 0 Å². The molecule has 1 aliphatic rings. The maximum absolute atomic E-state index is 11.8. The Hall–Kier alpha value is -1.10. The number of ether oxygens (including phenoxy) is 2. The zero-order chi connectivity index (χ0) is 14.9. The Balaban J connectivity index is 1.53. The molecule has 0 atom stereocenters. The fraction of sp³-hybridized carbons (Fsp3) is 0.562. The van der Waals surface area contributed by atoms with Crippen LogP contribution in [-0.4, -0.2) is 38.4 Å². The Kier molecular flexibility index (Phi) is 7.00. The Bertz CT molecular complexity index is 430. The number of carbonyl (C=O) groups excluding carboxylic acids is 1. The maximum atomic E-state index is 11.8. The molecule has 2 rings (SSSR count). The van der Waals surface area contributed by atoms with Gasteiger partial charge in [-0.15, -0.1) is 0 Å². The molecule has 0 saturated carbocycles. The third kappa shape index (κ3) is 6.46. The number of nitrogens with one attached hydrogen (secondary N) is 1. The normalized spacial score (nSPS) is 15.9.